The molecule has 0 saturated carbocycles. The summed E-state index contributed by atoms with van der Waals surface area (Å²) in [5.41, 5.74) is 0.954. The fourth-order valence-electron chi connectivity index (χ4n) is 2.39. The lowest BCUT2D eigenvalue weighted by atomic mass is 10.0. The Morgan fingerprint density at radius 3 is 2.75 bits per heavy atom. The van der Waals surface area contributed by atoms with Crippen LogP contribution < -0.4 is 4.90 Å². The normalized spacial score (nSPS) is 18.0. The van der Waals surface area contributed by atoms with E-state index in [0.29, 0.717) is 17.3 Å². The number of benzene rings is 1. The number of carboxylic acid groups (broad SMARTS) is 1. The van der Waals surface area contributed by atoms with Crippen LogP contribution in [0.25, 0.3) is 0 Å². The van der Waals surface area contributed by atoms with E-state index in [1.807, 2.05) is 23.7 Å². The Balaban J connectivity index is 2.49. The number of nitrogens with zero attached hydrogens (tertiary/aromatic N) is 2. The van der Waals surface area contributed by atoms with Gasteiger partial charge in [0.1, 0.15) is 0 Å². The third kappa shape index (κ3) is 2.72. The van der Waals surface area contributed by atoms with Crippen molar-refractivity contribution >= 4 is 29.1 Å². The molecule has 0 spiro atoms. The molecule has 1 aliphatic heterocycles. The summed E-state index contributed by atoms with van der Waals surface area (Å²) < 4.78 is 0. The lowest BCUT2D eigenvalue weighted by Crippen LogP contribution is -2.32. The number of thioether (sulfide) groups is 1. The SMILES string of the molecule is Cc1c(N(C)C2CCSC2)cc(C(=O)O)cc1[N+](=O)[O-]. The van der Waals surface area contributed by atoms with Crippen molar-refractivity contribution in [2.45, 2.75) is 19.4 Å². The topological polar surface area (TPSA) is 83.7 Å². The van der Waals surface area contributed by atoms with E-state index in [1.165, 1.54) is 6.07 Å². The van der Waals surface area contributed by atoms with Crippen molar-refractivity contribution in [3.8, 4) is 0 Å². The van der Waals surface area contributed by atoms with Crippen molar-refractivity contribution in [3.63, 3.8) is 0 Å². The van der Waals surface area contributed by atoms with Gasteiger partial charge in [-0.25, -0.2) is 4.79 Å². The minimum absolute atomic E-state index is 0.0465. The number of carbonyl (C=O) groups is 1. The molecule has 20 heavy (non-hydrogen) atoms. The lowest BCUT2D eigenvalue weighted by molar-refractivity contribution is -0.385. The first-order valence-electron chi connectivity index (χ1n) is 6.24. The summed E-state index contributed by atoms with van der Waals surface area (Å²) in [6, 6.07) is 2.94. The highest BCUT2D eigenvalue weighted by atomic mass is 32.2. The molecule has 1 aliphatic rings. The molecule has 7 heteroatoms. The summed E-state index contributed by atoms with van der Waals surface area (Å²) in [7, 11) is 1.87. The summed E-state index contributed by atoms with van der Waals surface area (Å²) in [5.74, 6) is 0.874. The standard InChI is InChI=1S/C13H16N2O4S/c1-8-11(14(2)10-3-4-20-7-10)5-9(13(16)17)6-12(8)15(18)19/h5-6,10H,3-4,7H2,1-2H3,(H,16,17). The number of rotatable bonds is 4. The van der Waals surface area contributed by atoms with Crippen molar-refractivity contribution in [1.82, 2.24) is 0 Å². The van der Waals surface area contributed by atoms with Gasteiger partial charge in [0.05, 0.1) is 16.1 Å². The van der Waals surface area contributed by atoms with E-state index in [2.05, 4.69) is 0 Å². The third-order valence-electron chi connectivity index (χ3n) is 3.63. The Kier molecular flexibility index (Phi) is 4.17. The average Bonchev–Trinajstić information content (AvgIpc) is 2.91. The van der Waals surface area contributed by atoms with Crippen molar-refractivity contribution in [2.75, 3.05) is 23.5 Å². The van der Waals surface area contributed by atoms with Crippen molar-refractivity contribution in [3.05, 3.63) is 33.4 Å². The van der Waals surface area contributed by atoms with Crippen LogP contribution in [0.1, 0.15) is 22.3 Å². The zero-order valence-corrected chi connectivity index (χ0v) is 12.1. The molecule has 1 heterocycles. The van der Waals surface area contributed by atoms with Crippen LogP contribution in [-0.4, -0.2) is 40.6 Å². The molecule has 0 amide bonds. The van der Waals surface area contributed by atoms with Crippen molar-refractivity contribution < 1.29 is 14.8 Å². The van der Waals surface area contributed by atoms with Crippen LogP contribution >= 0.6 is 11.8 Å². The maximum absolute atomic E-state index is 11.1. The Morgan fingerprint density at radius 1 is 1.55 bits per heavy atom. The molecule has 6 nitrogen and oxygen atoms in total. The molecule has 1 fully saturated rings. The second-order valence-electron chi connectivity index (χ2n) is 4.83. The number of hydrogen-bond acceptors (Lipinski definition) is 5. The molecular weight excluding hydrogens is 280 g/mol. The van der Waals surface area contributed by atoms with Crippen LogP contribution in [0.2, 0.25) is 0 Å². The fourth-order valence-corrected chi connectivity index (χ4v) is 3.66. The van der Waals surface area contributed by atoms with Crippen molar-refractivity contribution in [2.24, 2.45) is 0 Å². The highest BCUT2D eigenvalue weighted by Gasteiger charge is 2.26. The van der Waals surface area contributed by atoms with Crippen LogP contribution in [0.15, 0.2) is 12.1 Å². The van der Waals surface area contributed by atoms with E-state index in [0.717, 1.165) is 24.0 Å². The molecular formula is C13H16N2O4S. The van der Waals surface area contributed by atoms with Gasteiger partial charge in [-0.05, 0) is 25.2 Å². The third-order valence-corrected chi connectivity index (χ3v) is 4.77. The van der Waals surface area contributed by atoms with E-state index >= 15 is 0 Å². The van der Waals surface area contributed by atoms with Crippen LogP contribution in [0.3, 0.4) is 0 Å². The monoisotopic (exact) mass is 296 g/mol. The molecule has 1 N–H and O–H groups in total. The summed E-state index contributed by atoms with van der Waals surface area (Å²) in [4.78, 5) is 23.7. The second-order valence-corrected chi connectivity index (χ2v) is 5.98. The molecule has 1 aromatic rings. The van der Waals surface area contributed by atoms with Gasteiger partial charge in [0, 0.05) is 30.6 Å². The number of aromatic carboxylic acids is 1. The Labute approximate surface area is 120 Å². The van der Waals surface area contributed by atoms with Gasteiger partial charge in [0.2, 0.25) is 0 Å². The van der Waals surface area contributed by atoms with Crippen molar-refractivity contribution in [1.29, 1.82) is 0 Å². The van der Waals surface area contributed by atoms with E-state index in [-0.39, 0.29) is 11.3 Å². The Hall–Kier alpha value is -1.76. The zero-order chi connectivity index (χ0) is 14.9. The number of anilines is 1. The van der Waals surface area contributed by atoms with Gasteiger partial charge in [-0.2, -0.15) is 11.8 Å². The van der Waals surface area contributed by atoms with Crippen LogP contribution in [-0.2, 0) is 0 Å². The van der Waals surface area contributed by atoms with E-state index in [9.17, 15) is 14.9 Å². The van der Waals surface area contributed by atoms with Crippen LogP contribution in [0.5, 0.6) is 0 Å². The summed E-state index contributed by atoms with van der Waals surface area (Å²) >= 11 is 1.84. The molecule has 0 bridgehead atoms. The van der Waals surface area contributed by atoms with E-state index in [1.54, 1.807) is 6.92 Å². The average molecular weight is 296 g/mol. The van der Waals surface area contributed by atoms with Crippen LogP contribution in [0, 0.1) is 17.0 Å². The summed E-state index contributed by atoms with van der Waals surface area (Å²) in [5, 5.41) is 20.2. The molecule has 0 radical (unpaired) electrons. The number of hydrogen-bond donors (Lipinski definition) is 1. The van der Waals surface area contributed by atoms with E-state index in [4.69, 9.17) is 5.11 Å². The summed E-state index contributed by atoms with van der Waals surface area (Å²) in [6.07, 6.45) is 1.01. The van der Waals surface area contributed by atoms with E-state index < -0.39 is 10.9 Å². The predicted molar refractivity (Wildman–Crippen MR) is 78.9 cm³/mol. The smallest absolute Gasteiger partial charge is 0.336 e. The maximum atomic E-state index is 11.1. The van der Waals surface area contributed by atoms with Gasteiger partial charge in [0.15, 0.2) is 0 Å². The van der Waals surface area contributed by atoms with Gasteiger partial charge in [-0.1, -0.05) is 0 Å². The Morgan fingerprint density at radius 2 is 2.25 bits per heavy atom. The quantitative estimate of drug-likeness (QED) is 0.679. The lowest BCUT2D eigenvalue weighted by Gasteiger charge is -2.27. The molecule has 108 valence electrons. The van der Waals surface area contributed by atoms with Gasteiger partial charge in [0.25, 0.3) is 5.69 Å². The minimum Gasteiger partial charge on any atom is -0.478 e. The molecule has 0 aromatic heterocycles. The molecule has 1 aromatic carbocycles. The van der Waals surface area contributed by atoms with Crippen LogP contribution in [0.4, 0.5) is 11.4 Å². The zero-order valence-electron chi connectivity index (χ0n) is 11.3. The number of carboxylic acids is 1. The van der Waals surface area contributed by atoms with Gasteiger partial charge in [-0.15, -0.1) is 0 Å². The molecule has 1 unspecified atom stereocenters. The largest absolute Gasteiger partial charge is 0.478 e. The first-order valence-corrected chi connectivity index (χ1v) is 7.40. The van der Waals surface area contributed by atoms with Gasteiger partial charge in [-0.3, -0.25) is 10.1 Å². The second kappa shape index (κ2) is 5.70. The molecule has 2 rings (SSSR count). The minimum atomic E-state index is -1.15. The highest BCUT2D eigenvalue weighted by Crippen LogP contribution is 2.33. The molecule has 0 aliphatic carbocycles. The number of nitro benzene ring substituents is 1. The highest BCUT2D eigenvalue weighted by molar-refractivity contribution is 7.99. The fraction of sp³-hybridized carbons (Fsp3) is 0.462. The number of nitro groups is 1. The first-order chi connectivity index (χ1) is 9.41. The van der Waals surface area contributed by atoms with Gasteiger partial charge < -0.3 is 10.0 Å². The Bertz CT molecular complexity index is 556. The maximum Gasteiger partial charge on any atom is 0.336 e. The first kappa shape index (κ1) is 14.6. The van der Waals surface area contributed by atoms with Gasteiger partial charge >= 0.3 is 5.97 Å². The molecule has 1 saturated heterocycles. The summed E-state index contributed by atoms with van der Waals surface area (Å²) in [6.45, 7) is 1.66. The molecule has 1 atom stereocenters. The predicted octanol–water partition coefficient (Wildman–Crippen LogP) is 2.54.